The van der Waals surface area contributed by atoms with E-state index in [-0.39, 0.29) is 25.0 Å². The predicted molar refractivity (Wildman–Crippen MR) is 99.0 cm³/mol. The summed E-state index contributed by atoms with van der Waals surface area (Å²) >= 11 is 5.98. The van der Waals surface area contributed by atoms with Crippen LogP contribution < -0.4 is 14.8 Å². The summed E-state index contributed by atoms with van der Waals surface area (Å²) in [5.41, 5.74) is 1.82. The minimum atomic E-state index is -0.226. The minimum Gasteiger partial charge on any atom is -0.454 e. The van der Waals surface area contributed by atoms with E-state index in [0.717, 1.165) is 5.56 Å². The summed E-state index contributed by atoms with van der Waals surface area (Å²) in [5.74, 6) is 0.630. The lowest BCUT2D eigenvalue weighted by Gasteiger charge is -2.17. The van der Waals surface area contributed by atoms with Crippen LogP contribution in [0.4, 0.5) is 5.69 Å². The van der Waals surface area contributed by atoms with Crippen LogP contribution in [0.2, 0.25) is 5.02 Å². The molecule has 1 N–H and O–H groups in total. The first-order chi connectivity index (χ1) is 12.4. The second-order valence-electron chi connectivity index (χ2n) is 6.16. The molecule has 26 heavy (non-hydrogen) atoms. The first-order valence-corrected chi connectivity index (χ1v) is 8.47. The van der Waals surface area contributed by atoms with Crippen molar-refractivity contribution in [1.29, 1.82) is 0 Å². The van der Waals surface area contributed by atoms with Crippen molar-refractivity contribution in [2.24, 2.45) is 0 Å². The molecule has 0 unspecified atom stereocenters. The van der Waals surface area contributed by atoms with Crippen LogP contribution >= 0.6 is 11.6 Å². The van der Waals surface area contributed by atoms with Crippen LogP contribution in [-0.2, 0) is 11.3 Å². The lowest BCUT2D eigenvalue weighted by Crippen LogP contribution is -2.30. The second-order valence-corrected chi connectivity index (χ2v) is 6.59. The summed E-state index contributed by atoms with van der Waals surface area (Å²) in [7, 11) is 1.84. The van der Waals surface area contributed by atoms with E-state index in [2.05, 4.69) is 5.32 Å². The number of anilines is 1. The number of benzene rings is 2. The molecule has 7 heteroatoms. The summed E-state index contributed by atoms with van der Waals surface area (Å²) in [6, 6.07) is 10.7. The van der Waals surface area contributed by atoms with Gasteiger partial charge in [-0.2, -0.15) is 0 Å². The highest BCUT2D eigenvalue weighted by molar-refractivity contribution is 6.30. The van der Waals surface area contributed by atoms with Crippen molar-refractivity contribution in [3.8, 4) is 11.5 Å². The smallest absolute Gasteiger partial charge is 0.238 e. The summed E-state index contributed by atoms with van der Waals surface area (Å²) in [6.45, 7) is 2.29. The number of ether oxygens (including phenoxy) is 2. The molecule has 6 nitrogen and oxygen atoms in total. The first-order valence-electron chi connectivity index (χ1n) is 8.10. The fourth-order valence-corrected chi connectivity index (χ4v) is 2.99. The molecule has 1 aliphatic heterocycles. The Bertz CT molecular complexity index is 853. The Balaban J connectivity index is 1.67. The SMILES string of the molecule is CC(=O)c1cc2c(cc1NC(=O)CN(C)Cc1cccc(Cl)c1)OCO2. The molecule has 2 aromatic carbocycles. The average molecular weight is 375 g/mol. The number of Topliss-reactive ketones (excluding diaryl/α,β-unsaturated/α-hetero) is 1. The Morgan fingerprint density at radius 1 is 1.19 bits per heavy atom. The number of hydrogen-bond acceptors (Lipinski definition) is 5. The van der Waals surface area contributed by atoms with Crippen molar-refractivity contribution in [3.05, 3.63) is 52.5 Å². The quantitative estimate of drug-likeness (QED) is 0.785. The van der Waals surface area contributed by atoms with Gasteiger partial charge in [0, 0.05) is 23.2 Å². The van der Waals surface area contributed by atoms with Gasteiger partial charge in [-0.3, -0.25) is 14.5 Å². The predicted octanol–water partition coefficient (Wildman–Crippen LogP) is 3.34. The van der Waals surface area contributed by atoms with Gasteiger partial charge in [0.1, 0.15) is 0 Å². The van der Waals surface area contributed by atoms with Gasteiger partial charge >= 0.3 is 0 Å². The van der Waals surface area contributed by atoms with E-state index in [1.165, 1.54) is 6.92 Å². The maximum absolute atomic E-state index is 12.4. The number of amides is 1. The number of hydrogen-bond donors (Lipinski definition) is 1. The van der Waals surface area contributed by atoms with Crippen molar-refractivity contribution in [2.75, 3.05) is 25.7 Å². The molecule has 0 aliphatic carbocycles. The van der Waals surface area contributed by atoms with Crippen molar-refractivity contribution >= 4 is 29.0 Å². The largest absolute Gasteiger partial charge is 0.454 e. The Kier molecular flexibility index (Phi) is 5.44. The Morgan fingerprint density at radius 2 is 1.92 bits per heavy atom. The molecule has 0 atom stereocenters. The third-order valence-electron chi connectivity index (χ3n) is 3.92. The van der Waals surface area contributed by atoms with E-state index in [9.17, 15) is 9.59 Å². The Morgan fingerprint density at radius 3 is 2.62 bits per heavy atom. The third-order valence-corrected chi connectivity index (χ3v) is 4.16. The molecule has 0 bridgehead atoms. The molecular formula is C19H19ClN2O4. The molecule has 3 rings (SSSR count). The maximum Gasteiger partial charge on any atom is 0.238 e. The molecule has 0 radical (unpaired) electrons. The molecule has 2 aromatic rings. The zero-order valence-electron chi connectivity index (χ0n) is 14.5. The second kappa shape index (κ2) is 7.76. The van der Waals surface area contributed by atoms with E-state index in [0.29, 0.717) is 34.3 Å². The van der Waals surface area contributed by atoms with E-state index in [1.54, 1.807) is 18.2 Å². The van der Waals surface area contributed by atoms with Crippen molar-refractivity contribution < 1.29 is 19.1 Å². The minimum absolute atomic E-state index is 0.104. The van der Waals surface area contributed by atoms with Gasteiger partial charge in [0.25, 0.3) is 0 Å². The van der Waals surface area contributed by atoms with Gasteiger partial charge in [-0.15, -0.1) is 0 Å². The number of carbonyl (C=O) groups is 2. The molecule has 0 saturated heterocycles. The highest BCUT2D eigenvalue weighted by atomic mass is 35.5. The van der Waals surface area contributed by atoms with Crippen LogP contribution in [0.25, 0.3) is 0 Å². The molecule has 1 aliphatic rings. The molecule has 1 heterocycles. The normalized spacial score (nSPS) is 12.3. The first kappa shape index (κ1) is 18.2. The molecule has 136 valence electrons. The lowest BCUT2D eigenvalue weighted by molar-refractivity contribution is -0.117. The highest BCUT2D eigenvalue weighted by Crippen LogP contribution is 2.37. The lowest BCUT2D eigenvalue weighted by atomic mass is 10.1. The number of rotatable bonds is 6. The maximum atomic E-state index is 12.4. The Labute approximate surface area is 156 Å². The molecule has 0 spiro atoms. The molecule has 1 amide bonds. The molecule has 0 aromatic heterocycles. The van der Waals surface area contributed by atoms with Crippen molar-refractivity contribution in [1.82, 2.24) is 4.90 Å². The van der Waals surface area contributed by atoms with Crippen molar-refractivity contribution in [2.45, 2.75) is 13.5 Å². The van der Waals surface area contributed by atoms with Crippen molar-refractivity contribution in [3.63, 3.8) is 0 Å². The van der Waals surface area contributed by atoms with Crippen LogP contribution in [0.1, 0.15) is 22.8 Å². The molecular weight excluding hydrogens is 356 g/mol. The van der Waals surface area contributed by atoms with Crippen LogP contribution in [0.3, 0.4) is 0 Å². The Hall–Kier alpha value is -2.57. The molecule has 0 fully saturated rings. The topological polar surface area (TPSA) is 67.9 Å². The van der Waals surface area contributed by atoms with E-state index >= 15 is 0 Å². The molecule has 0 saturated carbocycles. The van der Waals surface area contributed by atoms with Gasteiger partial charge in [-0.1, -0.05) is 23.7 Å². The van der Waals surface area contributed by atoms with Crippen LogP contribution in [-0.4, -0.2) is 37.0 Å². The van der Waals surface area contributed by atoms with Gasteiger partial charge in [-0.25, -0.2) is 0 Å². The van der Waals surface area contributed by atoms with Gasteiger partial charge < -0.3 is 14.8 Å². The monoisotopic (exact) mass is 374 g/mol. The summed E-state index contributed by atoms with van der Waals surface area (Å²) in [4.78, 5) is 26.1. The fourth-order valence-electron chi connectivity index (χ4n) is 2.77. The standard InChI is InChI=1S/C19H19ClN2O4/c1-12(23)15-7-17-18(26-11-25-17)8-16(15)21-19(24)10-22(2)9-13-4-3-5-14(20)6-13/h3-8H,9-11H2,1-2H3,(H,21,24). The zero-order valence-corrected chi connectivity index (χ0v) is 15.3. The van der Waals surface area contributed by atoms with Crippen LogP contribution in [0, 0.1) is 0 Å². The van der Waals surface area contributed by atoms with Gasteiger partial charge in [0.05, 0.1) is 12.2 Å². The number of fused-ring (bicyclic) bond motifs is 1. The number of halogens is 1. The van der Waals surface area contributed by atoms with Crippen LogP contribution in [0.15, 0.2) is 36.4 Å². The average Bonchev–Trinajstić information content (AvgIpc) is 3.00. The van der Waals surface area contributed by atoms with Crippen LogP contribution in [0.5, 0.6) is 11.5 Å². The van der Waals surface area contributed by atoms with Gasteiger partial charge in [0.2, 0.25) is 12.7 Å². The number of nitrogens with zero attached hydrogens (tertiary/aromatic N) is 1. The summed E-state index contributed by atoms with van der Waals surface area (Å²) in [6.07, 6.45) is 0. The van der Waals surface area contributed by atoms with Gasteiger partial charge in [0.15, 0.2) is 17.3 Å². The van der Waals surface area contributed by atoms with E-state index in [1.807, 2.05) is 30.1 Å². The van der Waals surface area contributed by atoms with E-state index < -0.39 is 0 Å². The summed E-state index contributed by atoms with van der Waals surface area (Å²) in [5, 5.41) is 3.45. The highest BCUT2D eigenvalue weighted by Gasteiger charge is 2.20. The fraction of sp³-hybridized carbons (Fsp3) is 0.263. The van der Waals surface area contributed by atoms with E-state index in [4.69, 9.17) is 21.1 Å². The number of likely N-dealkylation sites (N-methyl/N-ethyl adjacent to an activating group) is 1. The number of nitrogens with one attached hydrogen (secondary N) is 1. The summed E-state index contributed by atoms with van der Waals surface area (Å²) < 4.78 is 10.6. The number of ketones is 1. The number of carbonyl (C=O) groups excluding carboxylic acids is 2. The third kappa shape index (κ3) is 4.33. The van der Waals surface area contributed by atoms with Gasteiger partial charge in [-0.05, 0) is 37.7 Å². The zero-order chi connectivity index (χ0) is 18.7.